The number of rotatable bonds is 0. The molecule has 1 N–H and O–H groups in total. The number of fused-ring (bicyclic) bond motifs is 1. The molecular weight excluding hydrogens is 186 g/mol. The number of anilines is 1. The Kier molecular flexibility index (Phi) is 1.20. The molecule has 1 aromatic carbocycles. The van der Waals surface area contributed by atoms with Crippen molar-refractivity contribution in [1.82, 2.24) is 0 Å². The molecule has 0 saturated carbocycles. The minimum atomic E-state index is -0.163. The van der Waals surface area contributed by atoms with Gasteiger partial charge < -0.3 is 10.1 Å². The molecule has 3 aliphatic rings. The number of para-hydroxylation sites is 1. The lowest BCUT2D eigenvalue weighted by atomic mass is 9.81. The van der Waals surface area contributed by atoms with E-state index in [9.17, 15) is 0 Å². The van der Waals surface area contributed by atoms with Crippen LogP contribution in [-0.2, 0) is 10.3 Å². The molecule has 1 fully saturated rings. The minimum absolute atomic E-state index is 0.122. The Hall–Kier alpha value is -1.28. The van der Waals surface area contributed by atoms with Crippen LogP contribution in [0.3, 0.4) is 0 Å². The van der Waals surface area contributed by atoms with Gasteiger partial charge in [-0.3, -0.25) is 0 Å². The van der Waals surface area contributed by atoms with Crippen LogP contribution in [0.25, 0.3) is 0 Å². The van der Waals surface area contributed by atoms with Gasteiger partial charge in [-0.1, -0.05) is 24.3 Å². The topological polar surface area (TPSA) is 21.3 Å². The minimum Gasteiger partial charge on any atom is -0.375 e. The van der Waals surface area contributed by atoms with E-state index in [1.807, 2.05) is 0 Å². The predicted molar refractivity (Wildman–Crippen MR) is 58.8 cm³/mol. The summed E-state index contributed by atoms with van der Waals surface area (Å²) >= 11 is 0. The van der Waals surface area contributed by atoms with E-state index in [0.29, 0.717) is 0 Å². The quantitative estimate of drug-likeness (QED) is 0.648. The fourth-order valence-corrected chi connectivity index (χ4v) is 3.40. The van der Waals surface area contributed by atoms with Crippen molar-refractivity contribution in [1.29, 1.82) is 0 Å². The largest absolute Gasteiger partial charge is 0.375 e. The maximum atomic E-state index is 6.06. The van der Waals surface area contributed by atoms with Crippen molar-refractivity contribution in [3.63, 3.8) is 0 Å². The molecule has 2 nitrogen and oxygen atoms in total. The monoisotopic (exact) mass is 199 g/mol. The van der Waals surface area contributed by atoms with Crippen LogP contribution >= 0.6 is 0 Å². The Balaban J connectivity index is 2.03. The van der Waals surface area contributed by atoms with Gasteiger partial charge in [0.15, 0.2) is 0 Å². The Morgan fingerprint density at radius 2 is 2.20 bits per heavy atom. The van der Waals surface area contributed by atoms with Crippen molar-refractivity contribution in [3.8, 4) is 0 Å². The Labute approximate surface area is 88.9 Å². The molecule has 4 rings (SSSR count). The van der Waals surface area contributed by atoms with E-state index in [2.05, 4.69) is 41.7 Å². The molecular formula is C13H13NO. The summed E-state index contributed by atoms with van der Waals surface area (Å²) in [6.45, 7) is 0.867. The second-order valence-corrected chi connectivity index (χ2v) is 4.69. The zero-order valence-electron chi connectivity index (χ0n) is 8.49. The Morgan fingerprint density at radius 3 is 3.20 bits per heavy atom. The molecule has 2 atom stereocenters. The van der Waals surface area contributed by atoms with Crippen LogP contribution in [0.5, 0.6) is 0 Å². The predicted octanol–water partition coefficient (Wildman–Crippen LogP) is 2.43. The highest BCUT2D eigenvalue weighted by Gasteiger charge is 2.62. The summed E-state index contributed by atoms with van der Waals surface area (Å²) < 4.78 is 6.06. The first-order valence-electron chi connectivity index (χ1n) is 5.56. The summed E-state index contributed by atoms with van der Waals surface area (Å²) in [5.74, 6) is 0. The third-order valence-electron chi connectivity index (χ3n) is 4.09. The second-order valence-electron chi connectivity index (χ2n) is 4.69. The first-order valence-corrected chi connectivity index (χ1v) is 5.56. The number of benzene rings is 1. The number of hydrogen-bond acceptors (Lipinski definition) is 2. The van der Waals surface area contributed by atoms with E-state index in [1.165, 1.54) is 11.3 Å². The molecule has 15 heavy (non-hydrogen) atoms. The van der Waals surface area contributed by atoms with Crippen molar-refractivity contribution in [2.75, 3.05) is 11.9 Å². The van der Waals surface area contributed by atoms with Crippen LogP contribution in [0.2, 0.25) is 0 Å². The summed E-state index contributed by atoms with van der Waals surface area (Å²) in [6.07, 6.45) is 6.69. The van der Waals surface area contributed by atoms with Crippen LogP contribution in [0.15, 0.2) is 36.4 Å². The first-order chi connectivity index (χ1) is 7.36. The van der Waals surface area contributed by atoms with Gasteiger partial charge in [-0.2, -0.15) is 0 Å². The van der Waals surface area contributed by atoms with Crippen LogP contribution in [0.1, 0.15) is 18.4 Å². The van der Waals surface area contributed by atoms with E-state index >= 15 is 0 Å². The lowest BCUT2D eigenvalue weighted by molar-refractivity contribution is 0.0273. The standard InChI is InChI=1S/C13H13NO/c1-2-5-11-10(4-1)13-7-3-6-12(13,14-11)8-9-15-13/h1-5,7,14H,6,8-9H2/t12-,13-/m0/s1. The third kappa shape index (κ3) is 0.699. The van der Waals surface area contributed by atoms with E-state index in [1.54, 1.807) is 0 Å². The summed E-state index contributed by atoms with van der Waals surface area (Å²) in [7, 11) is 0. The van der Waals surface area contributed by atoms with Crippen molar-refractivity contribution in [2.45, 2.75) is 24.0 Å². The van der Waals surface area contributed by atoms with Crippen LogP contribution in [-0.4, -0.2) is 12.1 Å². The molecule has 1 aromatic rings. The molecule has 0 bridgehead atoms. The highest BCUT2D eigenvalue weighted by Crippen LogP contribution is 2.58. The van der Waals surface area contributed by atoms with Gasteiger partial charge in [0.05, 0.1) is 12.1 Å². The number of nitrogens with one attached hydrogen (secondary N) is 1. The van der Waals surface area contributed by atoms with Crippen molar-refractivity contribution in [2.24, 2.45) is 0 Å². The Morgan fingerprint density at radius 1 is 1.27 bits per heavy atom. The molecule has 2 heteroatoms. The van der Waals surface area contributed by atoms with Crippen molar-refractivity contribution in [3.05, 3.63) is 42.0 Å². The van der Waals surface area contributed by atoms with Gasteiger partial charge in [0.2, 0.25) is 0 Å². The van der Waals surface area contributed by atoms with E-state index in [0.717, 1.165) is 19.4 Å². The molecule has 1 aliphatic carbocycles. The Bertz CT molecular complexity index is 467. The average Bonchev–Trinajstić information content (AvgIpc) is 2.77. The second kappa shape index (κ2) is 2.27. The SMILES string of the molecule is C1=C[C@@]23OCC[C@]2(C1)Nc1ccccc13. The van der Waals surface area contributed by atoms with Gasteiger partial charge in [0, 0.05) is 11.3 Å². The molecule has 0 unspecified atom stereocenters. The van der Waals surface area contributed by atoms with E-state index < -0.39 is 0 Å². The van der Waals surface area contributed by atoms with E-state index in [-0.39, 0.29) is 11.1 Å². The molecule has 2 heterocycles. The molecule has 0 amide bonds. The van der Waals surface area contributed by atoms with Crippen molar-refractivity contribution < 1.29 is 4.74 Å². The number of ether oxygens (including phenoxy) is 1. The smallest absolute Gasteiger partial charge is 0.136 e. The molecule has 0 spiro atoms. The highest BCUT2D eigenvalue weighted by atomic mass is 16.5. The summed E-state index contributed by atoms with van der Waals surface area (Å²) in [5.41, 5.74) is 2.53. The zero-order chi connectivity index (χ0) is 9.93. The van der Waals surface area contributed by atoms with E-state index in [4.69, 9.17) is 4.74 Å². The summed E-state index contributed by atoms with van der Waals surface area (Å²) in [4.78, 5) is 0. The normalized spacial score (nSPS) is 39.7. The third-order valence-corrected chi connectivity index (χ3v) is 4.09. The fourth-order valence-electron chi connectivity index (χ4n) is 3.40. The molecule has 1 saturated heterocycles. The molecule has 0 aromatic heterocycles. The lowest BCUT2D eigenvalue weighted by Gasteiger charge is -2.32. The van der Waals surface area contributed by atoms with Gasteiger partial charge in [-0.05, 0) is 25.0 Å². The van der Waals surface area contributed by atoms with Crippen LogP contribution in [0.4, 0.5) is 5.69 Å². The van der Waals surface area contributed by atoms with Gasteiger partial charge in [0.25, 0.3) is 0 Å². The van der Waals surface area contributed by atoms with Gasteiger partial charge in [-0.15, -0.1) is 0 Å². The van der Waals surface area contributed by atoms with Gasteiger partial charge >= 0.3 is 0 Å². The lowest BCUT2D eigenvalue weighted by Crippen LogP contribution is -2.44. The number of hydrogen-bond donors (Lipinski definition) is 1. The maximum Gasteiger partial charge on any atom is 0.136 e. The zero-order valence-corrected chi connectivity index (χ0v) is 8.49. The fraction of sp³-hybridized carbons (Fsp3) is 0.385. The van der Waals surface area contributed by atoms with Gasteiger partial charge in [-0.25, -0.2) is 0 Å². The molecule has 2 aliphatic heterocycles. The maximum absolute atomic E-state index is 6.06. The van der Waals surface area contributed by atoms with Crippen LogP contribution < -0.4 is 5.32 Å². The van der Waals surface area contributed by atoms with Crippen LogP contribution in [0, 0.1) is 0 Å². The highest BCUT2D eigenvalue weighted by molar-refractivity contribution is 5.67. The van der Waals surface area contributed by atoms with Crippen molar-refractivity contribution >= 4 is 5.69 Å². The summed E-state index contributed by atoms with van der Waals surface area (Å²) in [5, 5.41) is 3.68. The average molecular weight is 199 g/mol. The molecule has 76 valence electrons. The molecule has 0 radical (unpaired) electrons. The first kappa shape index (κ1) is 7.94. The summed E-state index contributed by atoms with van der Waals surface area (Å²) in [6, 6.07) is 8.52. The van der Waals surface area contributed by atoms with Gasteiger partial charge in [0.1, 0.15) is 5.60 Å².